The lowest BCUT2D eigenvalue weighted by molar-refractivity contribution is -0.276. The molecular weight excluding hydrogens is 504 g/mol. The van der Waals surface area contributed by atoms with Gasteiger partial charge in [-0.3, -0.25) is 4.79 Å². The molecule has 0 aromatic rings. The van der Waals surface area contributed by atoms with Crippen LogP contribution in [0.2, 0.25) is 0 Å². The van der Waals surface area contributed by atoms with Gasteiger partial charge in [-0.2, -0.15) is 0 Å². The Morgan fingerprint density at radius 3 is 2.41 bits per heavy atom. The number of carbonyl (C=O) groups is 1. The minimum Gasteiger partial charge on any atom is -0.459 e. The van der Waals surface area contributed by atoms with Crippen molar-refractivity contribution in [3.05, 3.63) is 0 Å². The summed E-state index contributed by atoms with van der Waals surface area (Å²) in [6.07, 6.45) is -0.664. The molecular formula is C29H54N2O8. The largest absolute Gasteiger partial charge is 0.459 e. The molecule has 4 N–H and O–H groups in total. The Kier molecular flexibility index (Phi) is 11.2. The Labute approximate surface area is 234 Å². The van der Waals surface area contributed by atoms with Gasteiger partial charge in [-0.25, -0.2) is 0 Å². The SMILES string of the molecule is CC[C@H]1OC(=O)C(C)[C@]2(C)OC[C@@H]2C[C@](O)(CO[C@@H]2O[C@H](C)C[C@H](N(C)C)[C@H]2O)C[C@@H](C)CN[C@H](C)C[C@@H]1O. The first-order valence-corrected chi connectivity index (χ1v) is 14.8. The highest BCUT2D eigenvalue weighted by molar-refractivity contribution is 5.74. The van der Waals surface area contributed by atoms with Gasteiger partial charge in [0.25, 0.3) is 0 Å². The van der Waals surface area contributed by atoms with E-state index in [1.54, 1.807) is 6.92 Å². The van der Waals surface area contributed by atoms with Crippen molar-refractivity contribution in [3.8, 4) is 0 Å². The van der Waals surface area contributed by atoms with Crippen LogP contribution in [0.15, 0.2) is 0 Å². The van der Waals surface area contributed by atoms with E-state index in [0.29, 0.717) is 45.3 Å². The fourth-order valence-electron chi connectivity index (χ4n) is 6.42. The molecule has 10 heteroatoms. The summed E-state index contributed by atoms with van der Waals surface area (Å²) in [6.45, 7) is 12.7. The lowest BCUT2D eigenvalue weighted by atomic mass is 9.69. The summed E-state index contributed by atoms with van der Waals surface area (Å²) in [6, 6.07) is -0.113. The first-order chi connectivity index (χ1) is 18.2. The number of rotatable bonds is 5. The second kappa shape index (κ2) is 13.4. The smallest absolute Gasteiger partial charge is 0.311 e. The zero-order valence-electron chi connectivity index (χ0n) is 25.3. The van der Waals surface area contributed by atoms with Crippen molar-refractivity contribution in [2.75, 3.05) is 33.9 Å². The van der Waals surface area contributed by atoms with Crippen molar-refractivity contribution in [2.45, 2.75) is 128 Å². The minimum absolute atomic E-state index is 0.00521. The molecule has 12 atom stereocenters. The number of hydrogen-bond acceptors (Lipinski definition) is 10. The van der Waals surface area contributed by atoms with E-state index < -0.39 is 47.7 Å². The number of cyclic esters (lactones) is 1. The summed E-state index contributed by atoms with van der Waals surface area (Å²) in [5.74, 6) is -0.989. The number of hydrogen-bond donors (Lipinski definition) is 4. The van der Waals surface area contributed by atoms with Crippen LogP contribution in [-0.2, 0) is 23.7 Å². The van der Waals surface area contributed by atoms with Crippen molar-refractivity contribution in [1.29, 1.82) is 0 Å². The molecule has 3 fully saturated rings. The van der Waals surface area contributed by atoms with Crippen molar-refractivity contribution in [1.82, 2.24) is 10.2 Å². The van der Waals surface area contributed by atoms with Gasteiger partial charge in [0.2, 0.25) is 0 Å². The van der Waals surface area contributed by atoms with Crippen LogP contribution in [-0.4, -0.2) is 114 Å². The number of ether oxygens (including phenoxy) is 4. The maximum absolute atomic E-state index is 13.2. The third kappa shape index (κ3) is 7.92. The van der Waals surface area contributed by atoms with E-state index in [2.05, 4.69) is 12.2 Å². The highest BCUT2D eigenvalue weighted by atomic mass is 16.7. The molecule has 0 aromatic heterocycles. The third-order valence-corrected chi connectivity index (χ3v) is 9.28. The Morgan fingerprint density at radius 1 is 1.13 bits per heavy atom. The summed E-state index contributed by atoms with van der Waals surface area (Å²) >= 11 is 0. The van der Waals surface area contributed by atoms with E-state index in [1.165, 1.54) is 0 Å². The van der Waals surface area contributed by atoms with Gasteiger partial charge < -0.3 is 44.5 Å². The normalized spacial score (nSPS) is 46.9. The fourth-order valence-corrected chi connectivity index (χ4v) is 6.42. The third-order valence-electron chi connectivity index (χ3n) is 9.28. The molecule has 0 spiro atoms. The molecule has 0 radical (unpaired) electrons. The monoisotopic (exact) mass is 558 g/mol. The molecule has 0 saturated carbocycles. The van der Waals surface area contributed by atoms with Gasteiger partial charge in [-0.05, 0) is 86.4 Å². The molecule has 3 saturated heterocycles. The van der Waals surface area contributed by atoms with Crippen molar-refractivity contribution in [3.63, 3.8) is 0 Å². The van der Waals surface area contributed by atoms with E-state index in [1.807, 2.05) is 46.7 Å². The Morgan fingerprint density at radius 2 is 1.82 bits per heavy atom. The van der Waals surface area contributed by atoms with Crippen molar-refractivity contribution < 1.29 is 39.1 Å². The minimum atomic E-state index is -1.23. The van der Waals surface area contributed by atoms with E-state index >= 15 is 0 Å². The van der Waals surface area contributed by atoms with Crippen LogP contribution >= 0.6 is 0 Å². The summed E-state index contributed by atoms with van der Waals surface area (Å²) in [4.78, 5) is 15.2. The zero-order valence-corrected chi connectivity index (χ0v) is 25.3. The Balaban J connectivity index is 1.81. The van der Waals surface area contributed by atoms with Crippen LogP contribution in [0.3, 0.4) is 0 Å². The van der Waals surface area contributed by atoms with Crippen LogP contribution in [0.25, 0.3) is 0 Å². The molecule has 3 rings (SSSR count). The molecule has 0 aliphatic carbocycles. The van der Waals surface area contributed by atoms with Crippen LogP contribution in [0, 0.1) is 17.8 Å². The number of fused-ring (bicyclic) bond motifs is 1. The number of likely N-dealkylation sites (N-methyl/N-ethyl adjacent to an activating group) is 1. The van der Waals surface area contributed by atoms with Gasteiger partial charge in [-0.1, -0.05) is 13.8 Å². The number of aliphatic hydroxyl groups is 3. The molecule has 39 heavy (non-hydrogen) atoms. The van der Waals surface area contributed by atoms with Crippen LogP contribution < -0.4 is 5.32 Å². The number of aliphatic hydroxyl groups excluding tert-OH is 2. The predicted molar refractivity (Wildman–Crippen MR) is 147 cm³/mol. The van der Waals surface area contributed by atoms with Gasteiger partial charge in [-0.15, -0.1) is 0 Å². The standard InChI is InChI=1S/C29H54N2O8/c1-9-24-23(32)10-18(3)30-14-17(2)12-29(35,13-21-15-37-28(21,6)20(5)26(34)39-24)16-36-27-25(33)22(31(7)8)11-19(4)38-27/h17-25,27,30,32-33,35H,9-16H2,1-8H3/t17-,18-,19-,20?,21+,22+,23+,24-,25-,27-,28+,29+/m1/s1. The fraction of sp³-hybridized carbons (Fsp3) is 0.966. The lowest BCUT2D eigenvalue weighted by Crippen LogP contribution is -2.61. The number of nitrogens with one attached hydrogen (secondary N) is 1. The molecule has 0 aromatic carbocycles. The Bertz CT molecular complexity index is 801. The second-order valence-corrected chi connectivity index (χ2v) is 13.0. The molecule has 228 valence electrons. The summed E-state index contributed by atoms with van der Waals surface area (Å²) in [5, 5.41) is 37.2. The predicted octanol–water partition coefficient (Wildman–Crippen LogP) is 1.68. The van der Waals surface area contributed by atoms with Crippen molar-refractivity contribution >= 4 is 5.97 Å². The summed E-state index contributed by atoms with van der Waals surface area (Å²) < 4.78 is 23.9. The first-order valence-electron chi connectivity index (χ1n) is 14.8. The summed E-state index contributed by atoms with van der Waals surface area (Å²) in [7, 11) is 3.86. The molecule has 0 bridgehead atoms. The molecule has 3 aliphatic rings. The van der Waals surface area contributed by atoms with E-state index in [9.17, 15) is 20.1 Å². The average molecular weight is 559 g/mol. The quantitative estimate of drug-likeness (QED) is 0.370. The van der Waals surface area contributed by atoms with Crippen LogP contribution in [0.5, 0.6) is 0 Å². The number of carbonyl (C=O) groups excluding carboxylic acids is 1. The highest BCUT2D eigenvalue weighted by Gasteiger charge is 2.54. The van der Waals surface area contributed by atoms with Gasteiger partial charge >= 0.3 is 5.97 Å². The van der Waals surface area contributed by atoms with Gasteiger partial charge in [0, 0.05) is 18.0 Å². The van der Waals surface area contributed by atoms with Crippen LogP contribution in [0.4, 0.5) is 0 Å². The Hall–Kier alpha value is -0.850. The summed E-state index contributed by atoms with van der Waals surface area (Å²) in [5.41, 5.74) is -2.04. The van der Waals surface area contributed by atoms with Gasteiger partial charge in [0.05, 0.1) is 42.5 Å². The average Bonchev–Trinajstić information content (AvgIpc) is 2.87. The second-order valence-electron chi connectivity index (χ2n) is 13.0. The molecule has 3 heterocycles. The maximum atomic E-state index is 13.2. The van der Waals surface area contributed by atoms with E-state index in [-0.39, 0.29) is 36.6 Å². The molecule has 0 amide bonds. The van der Waals surface area contributed by atoms with E-state index in [4.69, 9.17) is 18.9 Å². The van der Waals surface area contributed by atoms with Gasteiger partial charge in [0.1, 0.15) is 12.2 Å². The highest BCUT2D eigenvalue weighted by Crippen LogP contribution is 2.45. The van der Waals surface area contributed by atoms with E-state index in [0.717, 1.165) is 0 Å². The van der Waals surface area contributed by atoms with Gasteiger partial charge in [0.15, 0.2) is 6.29 Å². The lowest BCUT2D eigenvalue weighted by Gasteiger charge is -2.52. The molecule has 10 nitrogen and oxygen atoms in total. The van der Waals surface area contributed by atoms with Crippen molar-refractivity contribution in [2.24, 2.45) is 17.8 Å². The maximum Gasteiger partial charge on any atom is 0.311 e. The first kappa shape index (κ1) is 32.7. The topological polar surface area (TPSA) is 130 Å². The number of nitrogens with zero attached hydrogens (tertiary/aromatic N) is 1. The van der Waals surface area contributed by atoms with Crippen LogP contribution in [0.1, 0.15) is 73.6 Å². The molecule has 3 aliphatic heterocycles. The zero-order chi connectivity index (χ0) is 29.1. The number of esters is 1. The molecule has 1 unspecified atom stereocenters.